The summed E-state index contributed by atoms with van der Waals surface area (Å²) in [5, 5.41) is 9.71. The van der Waals surface area contributed by atoms with Gasteiger partial charge in [0.2, 0.25) is 10.5 Å². The molecule has 0 amide bonds. The molecule has 0 aliphatic carbocycles. The van der Waals surface area contributed by atoms with Crippen LogP contribution in [0.2, 0.25) is 0 Å². The number of hydroxylamine groups is 2. The Bertz CT molecular complexity index is 309. The lowest BCUT2D eigenvalue weighted by Crippen LogP contribution is -2.48. The number of nitrogens with zero attached hydrogens (tertiary/aromatic N) is 1. The van der Waals surface area contributed by atoms with Crippen molar-refractivity contribution in [1.82, 2.24) is 5.06 Å². The fourth-order valence-corrected chi connectivity index (χ4v) is 3.43. The van der Waals surface area contributed by atoms with Gasteiger partial charge in [0.25, 0.3) is 0 Å². The summed E-state index contributed by atoms with van der Waals surface area (Å²) in [5.74, 6) is -1.64. The van der Waals surface area contributed by atoms with Crippen LogP contribution in [0.1, 0.15) is 27.7 Å². The minimum absolute atomic E-state index is 0.659. The van der Waals surface area contributed by atoms with Gasteiger partial charge in [0.15, 0.2) is 0 Å². The van der Waals surface area contributed by atoms with E-state index in [1.165, 1.54) is 0 Å². The number of rotatable bonds is 2. The maximum Gasteiger partial charge on any atom is 0.227 e. The van der Waals surface area contributed by atoms with Crippen molar-refractivity contribution in [3.05, 3.63) is 0 Å². The zero-order valence-corrected chi connectivity index (χ0v) is 11.1. The molecule has 0 aromatic rings. The van der Waals surface area contributed by atoms with Crippen molar-refractivity contribution < 1.29 is 14.8 Å². The zero-order chi connectivity index (χ0) is 12.9. The van der Waals surface area contributed by atoms with Crippen LogP contribution in [0, 0.1) is 11.8 Å². The lowest BCUT2D eigenvalue weighted by molar-refractivity contribution is -0.199. The molecule has 4 nitrogen and oxygen atoms in total. The van der Waals surface area contributed by atoms with Crippen LogP contribution in [-0.2, 0) is 9.59 Å². The molecule has 1 fully saturated rings. The smallest absolute Gasteiger partial charge is 0.227 e. The van der Waals surface area contributed by atoms with Gasteiger partial charge in [0.1, 0.15) is 0 Å². The van der Waals surface area contributed by atoms with Gasteiger partial charge in [-0.2, -0.15) is 5.06 Å². The number of hydrogen-bond donors (Lipinski definition) is 1. The SMILES string of the molecule is CC1(C)C(C(=O)Cl)C(C(=O)Cl)C(C)(C)N1O. The van der Waals surface area contributed by atoms with Crippen LogP contribution in [-0.4, -0.2) is 31.8 Å². The first-order valence-electron chi connectivity index (χ1n) is 4.92. The molecule has 1 N–H and O–H groups in total. The van der Waals surface area contributed by atoms with Gasteiger partial charge in [-0.1, -0.05) is 0 Å². The number of carbonyl (C=O) groups excluding carboxylic acids is 2. The van der Waals surface area contributed by atoms with E-state index in [2.05, 4.69) is 0 Å². The van der Waals surface area contributed by atoms with Crippen LogP contribution in [0.3, 0.4) is 0 Å². The first kappa shape index (κ1) is 13.9. The zero-order valence-electron chi connectivity index (χ0n) is 9.62. The Kier molecular flexibility index (Phi) is 3.43. The fourth-order valence-electron chi connectivity index (χ4n) is 2.64. The van der Waals surface area contributed by atoms with Crippen LogP contribution in [0.25, 0.3) is 0 Å². The molecular formula is C10H15Cl2NO3. The van der Waals surface area contributed by atoms with E-state index >= 15 is 0 Å². The lowest BCUT2D eigenvalue weighted by atomic mass is 9.79. The topological polar surface area (TPSA) is 57.6 Å². The fraction of sp³-hybridized carbons (Fsp3) is 0.800. The summed E-state index contributed by atoms with van der Waals surface area (Å²) in [7, 11) is 0. The van der Waals surface area contributed by atoms with E-state index in [1.54, 1.807) is 27.7 Å². The summed E-state index contributed by atoms with van der Waals surface area (Å²) in [6.07, 6.45) is 0. The van der Waals surface area contributed by atoms with Crippen molar-refractivity contribution in [3.8, 4) is 0 Å². The average Bonchev–Trinajstić information content (AvgIpc) is 2.23. The molecule has 2 unspecified atom stereocenters. The maximum atomic E-state index is 11.4. The molecule has 1 heterocycles. The van der Waals surface area contributed by atoms with Gasteiger partial charge in [0, 0.05) is 0 Å². The Morgan fingerprint density at radius 2 is 1.25 bits per heavy atom. The highest BCUT2D eigenvalue weighted by atomic mass is 35.5. The number of hydrogen-bond acceptors (Lipinski definition) is 4. The van der Waals surface area contributed by atoms with E-state index in [4.69, 9.17) is 23.2 Å². The predicted molar refractivity (Wildman–Crippen MR) is 60.5 cm³/mol. The van der Waals surface area contributed by atoms with E-state index in [9.17, 15) is 14.8 Å². The van der Waals surface area contributed by atoms with Gasteiger partial charge in [0.05, 0.1) is 22.9 Å². The maximum absolute atomic E-state index is 11.4. The number of halogens is 2. The van der Waals surface area contributed by atoms with Crippen molar-refractivity contribution in [1.29, 1.82) is 0 Å². The van der Waals surface area contributed by atoms with Crippen molar-refractivity contribution >= 4 is 33.7 Å². The summed E-state index contributed by atoms with van der Waals surface area (Å²) in [6, 6.07) is 0. The second-order valence-electron chi connectivity index (χ2n) is 5.18. The molecule has 0 saturated carbocycles. The van der Waals surface area contributed by atoms with Gasteiger partial charge in [-0.3, -0.25) is 9.59 Å². The first-order valence-corrected chi connectivity index (χ1v) is 5.68. The number of carbonyl (C=O) groups is 2. The first-order chi connectivity index (χ1) is 7.04. The van der Waals surface area contributed by atoms with Crippen LogP contribution in [0.5, 0.6) is 0 Å². The van der Waals surface area contributed by atoms with Crippen LogP contribution in [0.4, 0.5) is 0 Å². The van der Waals surface area contributed by atoms with E-state index in [1.807, 2.05) is 0 Å². The van der Waals surface area contributed by atoms with Crippen molar-refractivity contribution in [2.24, 2.45) is 11.8 Å². The molecule has 6 heteroatoms. The molecule has 1 aliphatic rings. The third-order valence-corrected chi connectivity index (χ3v) is 3.91. The van der Waals surface area contributed by atoms with Crippen LogP contribution < -0.4 is 0 Å². The molecule has 0 bridgehead atoms. The van der Waals surface area contributed by atoms with Gasteiger partial charge in [-0.05, 0) is 50.9 Å². The molecule has 0 spiro atoms. The molecule has 1 rings (SSSR count). The Morgan fingerprint density at radius 1 is 1.00 bits per heavy atom. The lowest BCUT2D eigenvalue weighted by Gasteiger charge is -2.35. The third-order valence-electron chi connectivity index (χ3n) is 3.44. The molecule has 0 aromatic carbocycles. The van der Waals surface area contributed by atoms with Gasteiger partial charge < -0.3 is 5.21 Å². The van der Waals surface area contributed by atoms with E-state index in [0.29, 0.717) is 0 Å². The summed E-state index contributed by atoms with van der Waals surface area (Å²) >= 11 is 11.0. The molecule has 0 aromatic heterocycles. The van der Waals surface area contributed by atoms with Gasteiger partial charge in [-0.25, -0.2) is 0 Å². The van der Waals surface area contributed by atoms with Crippen molar-refractivity contribution in [2.75, 3.05) is 0 Å². The standard InChI is InChI=1S/C10H15Cl2NO3/c1-9(2)5(7(11)14)6(8(12)15)10(3,4)13(9)16/h5-6,16H,1-4H3. The average molecular weight is 268 g/mol. The van der Waals surface area contributed by atoms with Gasteiger partial charge >= 0.3 is 0 Å². The molecule has 16 heavy (non-hydrogen) atoms. The quantitative estimate of drug-likeness (QED) is 0.778. The minimum Gasteiger partial charge on any atom is -0.313 e. The summed E-state index contributed by atoms with van der Waals surface area (Å²) in [4.78, 5) is 22.9. The second-order valence-corrected chi connectivity index (χ2v) is 5.93. The van der Waals surface area contributed by atoms with E-state index in [0.717, 1.165) is 5.06 Å². The summed E-state index contributed by atoms with van der Waals surface area (Å²) in [6.45, 7) is 6.61. The summed E-state index contributed by atoms with van der Waals surface area (Å²) in [5.41, 5.74) is -1.84. The molecule has 1 aliphatic heterocycles. The Labute approximate surface area is 104 Å². The van der Waals surface area contributed by atoms with Crippen molar-refractivity contribution in [3.63, 3.8) is 0 Å². The Morgan fingerprint density at radius 3 is 1.44 bits per heavy atom. The highest BCUT2D eigenvalue weighted by Gasteiger charge is 2.62. The third kappa shape index (κ3) is 1.78. The Balaban J connectivity index is 3.34. The highest BCUT2D eigenvalue weighted by Crippen LogP contribution is 2.49. The minimum atomic E-state index is -0.919. The van der Waals surface area contributed by atoms with Gasteiger partial charge in [-0.15, -0.1) is 0 Å². The molecule has 92 valence electrons. The molecule has 0 radical (unpaired) electrons. The molecule has 2 atom stereocenters. The van der Waals surface area contributed by atoms with E-state index in [-0.39, 0.29) is 0 Å². The normalized spacial score (nSPS) is 32.7. The monoisotopic (exact) mass is 267 g/mol. The van der Waals surface area contributed by atoms with Crippen LogP contribution >= 0.6 is 23.2 Å². The highest BCUT2D eigenvalue weighted by molar-refractivity contribution is 6.67. The summed E-state index contributed by atoms with van der Waals surface area (Å²) < 4.78 is 0. The molecular weight excluding hydrogens is 253 g/mol. The van der Waals surface area contributed by atoms with Crippen LogP contribution in [0.15, 0.2) is 0 Å². The largest absolute Gasteiger partial charge is 0.313 e. The predicted octanol–water partition coefficient (Wildman–Crippen LogP) is 2.01. The molecule has 1 saturated heterocycles. The van der Waals surface area contributed by atoms with Crippen molar-refractivity contribution in [2.45, 2.75) is 38.8 Å². The van der Waals surface area contributed by atoms with E-state index < -0.39 is 33.4 Å². The second kappa shape index (κ2) is 3.95. The Hall–Kier alpha value is -0.160.